The summed E-state index contributed by atoms with van der Waals surface area (Å²) in [7, 11) is 1.51. The molecule has 1 aromatic heterocycles. The molecule has 2 N–H and O–H groups in total. The molecular weight excluding hydrogens is 364 g/mol. The Morgan fingerprint density at radius 2 is 2.04 bits per heavy atom. The van der Waals surface area contributed by atoms with Gasteiger partial charge in [0.2, 0.25) is 5.91 Å². The molecule has 1 aromatic carbocycles. The van der Waals surface area contributed by atoms with Crippen LogP contribution in [0.1, 0.15) is 15.9 Å². The molecule has 26 heavy (non-hydrogen) atoms. The lowest BCUT2D eigenvalue weighted by molar-refractivity contribution is -0.385. The number of halogens is 1. The second-order valence-electron chi connectivity index (χ2n) is 5.55. The molecule has 0 aliphatic carbocycles. The zero-order valence-electron chi connectivity index (χ0n) is 13.7. The summed E-state index contributed by atoms with van der Waals surface area (Å²) in [5.41, 5.74) is 3.92. The van der Waals surface area contributed by atoms with Gasteiger partial charge in [0.15, 0.2) is 0 Å². The average Bonchev–Trinajstić information content (AvgIpc) is 2.56. The Hall–Kier alpha value is -3.20. The molecule has 2 aromatic rings. The largest absolute Gasteiger partial charge is 0.365 e. The molecule has 0 aliphatic heterocycles. The topological polar surface area (TPSA) is 129 Å². The van der Waals surface area contributed by atoms with E-state index in [1.807, 2.05) is 0 Å². The number of carbonyl (C=O) groups is 2. The Bertz CT molecular complexity index is 940. The van der Waals surface area contributed by atoms with Crippen molar-refractivity contribution in [2.75, 3.05) is 7.05 Å². The van der Waals surface area contributed by atoms with Crippen LogP contribution in [0, 0.1) is 10.1 Å². The van der Waals surface area contributed by atoms with Crippen molar-refractivity contribution in [1.82, 2.24) is 9.47 Å². The van der Waals surface area contributed by atoms with E-state index in [2.05, 4.69) is 0 Å². The Morgan fingerprint density at radius 1 is 1.35 bits per heavy atom. The highest BCUT2D eigenvalue weighted by molar-refractivity contribution is 6.30. The molecule has 10 heteroatoms. The van der Waals surface area contributed by atoms with Crippen LogP contribution in [-0.2, 0) is 17.9 Å². The summed E-state index contributed by atoms with van der Waals surface area (Å²) in [5.74, 6) is -1.59. The van der Waals surface area contributed by atoms with Gasteiger partial charge in [0, 0.05) is 24.7 Å². The molecule has 0 unspecified atom stereocenters. The maximum atomic E-state index is 12.4. The first kappa shape index (κ1) is 19.1. The van der Waals surface area contributed by atoms with E-state index in [1.54, 1.807) is 24.3 Å². The van der Waals surface area contributed by atoms with E-state index in [1.165, 1.54) is 11.9 Å². The first-order chi connectivity index (χ1) is 12.2. The molecule has 1 heterocycles. The van der Waals surface area contributed by atoms with Crippen molar-refractivity contribution in [3.63, 3.8) is 0 Å². The average molecular weight is 379 g/mol. The number of pyridine rings is 1. The van der Waals surface area contributed by atoms with Gasteiger partial charge in [0.05, 0.1) is 11.1 Å². The van der Waals surface area contributed by atoms with Gasteiger partial charge < -0.3 is 10.6 Å². The van der Waals surface area contributed by atoms with Gasteiger partial charge in [-0.1, -0.05) is 23.7 Å². The Balaban J connectivity index is 2.26. The second kappa shape index (κ2) is 7.79. The number of benzene rings is 1. The van der Waals surface area contributed by atoms with Crippen LogP contribution in [0.5, 0.6) is 0 Å². The summed E-state index contributed by atoms with van der Waals surface area (Å²) >= 11 is 5.90. The van der Waals surface area contributed by atoms with Crippen LogP contribution in [-0.4, -0.2) is 33.3 Å². The minimum Gasteiger partial charge on any atom is -0.365 e. The van der Waals surface area contributed by atoms with Gasteiger partial charge in [-0.3, -0.25) is 29.1 Å². The van der Waals surface area contributed by atoms with Crippen LogP contribution >= 0.6 is 11.6 Å². The first-order valence-corrected chi connectivity index (χ1v) is 7.74. The van der Waals surface area contributed by atoms with Gasteiger partial charge in [-0.2, -0.15) is 0 Å². The van der Waals surface area contributed by atoms with Crippen LogP contribution < -0.4 is 11.3 Å². The fourth-order valence-corrected chi connectivity index (χ4v) is 2.49. The van der Waals surface area contributed by atoms with E-state index < -0.39 is 40.1 Å². The summed E-state index contributed by atoms with van der Waals surface area (Å²) in [6.07, 6.45) is 0.903. The molecule has 0 atom stereocenters. The first-order valence-electron chi connectivity index (χ1n) is 7.36. The van der Waals surface area contributed by atoms with Crippen molar-refractivity contribution in [2.45, 2.75) is 13.1 Å². The number of carbonyl (C=O) groups excluding carboxylic acids is 2. The smallest absolute Gasteiger partial charge is 0.286 e. The predicted octanol–water partition coefficient (Wildman–Crippen LogP) is 1.17. The van der Waals surface area contributed by atoms with Crippen molar-refractivity contribution >= 4 is 29.1 Å². The van der Waals surface area contributed by atoms with Gasteiger partial charge in [-0.25, -0.2) is 0 Å². The van der Waals surface area contributed by atoms with E-state index in [9.17, 15) is 24.5 Å². The summed E-state index contributed by atoms with van der Waals surface area (Å²) < 4.78 is 0.801. The van der Waals surface area contributed by atoms with E-state index in [0.717, 1.165) is 22.4 Å². The van der Waals surface area contributed by atoms with Crippen LogP contribution in [0.3, 0.4) is 0 Å². The molecule has 2 amide bonds. The van der Waals surface area contributed by atoms with E-state index in [4.69, 9.17) is 17.3 Å². The van der Waals surface area contributed by atoms with Crippen LogP contribution in [0.25, 0.3) is 0 Å². The van der Waals surface area contributed by atoms with Crippen molar-refractivity contribution in [3.05, 3.63) is 73.1 Å². The monoisotopic (exact) mass is 378 g/mol. The molecule has 0 saturated heterocycles. The minimum absolute atomic E-state index is 0.228. The number of hydrogen-bond acceptors (Lipinski definition) is 5. The number of nitrogens with two attached hydrogens (primary N) is 1. The van der Waals surface area contributed by atoms with Crippen molar-refractivity contribution < 1.29 is 14.5 Å². The highest BCUT2D eigenvalue weighted by Gasteiger charge is 2.19. The summed E-state index contributed by atoms with van der Waals surface area (Å²) in [5, 5.41) is 11.5. The van der Waals surface area contributed by atoms with E-state index in [0.29, 0.717) is 5.02 Å². The number of amides is 2. The molecule has 9 nitrogen and oxygen atoms in total. The standard InChI is InChI=1S/C16H15ClN4O5/c1-19(7-10-3-2-4-11(17)5-10)14(22)9-20-8-12(21(25)26)6-13(15(18)23)16(20)24/h2-6,8H,7,9H2,1H3,(H2,18,23). The van der Waals surface area contributed by atoms with Gasteiger partial charge in [-0.05, 0) is 17.7 Å². The van der Waals surface area contributed by atoms with Crippen molar-refractivity contribution in [2.24, 2.45) is 5.73 Å². The number of likely N-dealkylation sites (N-methyl/N-ethyl adjacent to an activating group) is 1. The second-order valence-corrected chi connectivity index (χ2v) is 5.98. The molecule has 0 fully saturated rings. The lowest BCUT2D eigenvalue weighted by Gasteiger charge is -2.18. The number of rotatable bonds is 6. The predicted molar refractivity (Wildman–Crippen MR) is 93.8 cm³/mol. The third-order valence-corrected chi connectivity index (χ3v) is 3.82. The Kier molecular flexibility index (Phi) is 5.73. The number of nitro groups is 1. The number of primary amides is 1. The van der Waals surface area contributed by atoms with Crippen molar-refractivity contribution in [1.29, 1.82) is 0 Å². The van der Waals surface area contributed by atoms with Gasteiger partial charge in [0.25, 0.3) is 17.2 Å². The maximum Gasteiger partial charge on any atom is 0.286 e. The lowest BCUT2D eigenvalue weighted by Crippen LogP contribution is -2.36. The fourth-order valence-electron chi connectivity index (χ4n) is 2.28. The summed E-state index contributed by atoms with van der Waals surface area (Å²) in [6, 6.07) is 7.69. The highest BCUT2D eigenvalue weighted by atomic mass is 35.5. The normalized spacial score (nSPS) is 10.4. The SMILES string of the molecule is CN(Cc1cccc(Cl)c1)C(=O)Cn1cc([N+](=O)[O-])cc(C(N)=O)c1=O. The molecule has 0 spiro atoms. The molecule has 0 radical (unpaired) electrons. The highest BCUT2D eigenvalue weighted by Crippen LogP contribution is 2.13. The van der Waals surface area contributed by atoms with Gasteiger partial charge in [-0.15, -0.1) is 0 Å². The number of hydrogen-bond donors (Lipinski definition) is 1. The zero-order chi connectivity index (χ0) is 19.4. The third kappa shape index (κ3) is 4.45. The van der Waals surface area contributed by atoms with Crippen molar-refractivity contribution in [3.8, 4) is 0 Å². The molecule has 0 saturated carbocycles. The molecular formula is C16H15ClN4O5. The van der Waals surface area contributed by atoms with Gasteiger partial charge >= 0.3 is 0 Å². The lowest BCUT2D eigenvalue weighted by atomic mass is 10.2. The molecule has 136 valence electrons. The minimum atomic E-state index is -1.10. The quantitative estimate of drug-likeness (QED) is 0.595. The van der Waals surface area contributed by atoms with Crippen LogP contribution in [0.15, 0.2) is 41.3 Å². The number of aromatic nitrogens is 1. The Labute approximate surface area is 152 Å². The third-order valence-electron chi connectivity index (χ3n) is 3.59. The van der Waals surface area contributed by atoms with E-state index in [-0.39, 0.29) is 6.54 Å². The Morgan fingerprint density at radius 3 is 2.62 bits per heavy atom. The van der Waals surface area contributed by atoms with Crippen LogP contribution in [0.4, 0.5) is 5.69 Å². The summed E-state index contributed by atoms with van der Waals surface area (Å²) in [6.45, 7) is -0.246. The van der Waals surface area contributed by atoms with E-state index >= 15 is 0 Å². The van der Waals surface area contributed by atoms with Gasteiger partial charge in [0.1, 0.15) is 12.1 Å². The summed E-state index contributed by atoms with van der Waals surface area (Å²) in [4.78, 5) is 47.4. The van der Waals surface area contributed by atoms with Crippen LogP contribution in [0.2, 0.25) is 5.02 Å². The molecule has 2 rings (SSSR count). The molecule has 0 bridgehead atoms. The zero-order valence-corrected chi connectivity index (χ0v) is 14.5. The molecule has 0 aliphatic rings. The maximum absolute atomic E-state index is 12.4. The number of nitrogens with zero attached hydrogens (tertiary/aromatic N) is 3. The fraction of sp³-hybridized carbons (Fsp3) is 0.188.